The Kier molecular flexibility index (Phi) is 9.43. The third-order valence-corrected chi connectivity index (χ3v) is 7.33. The predicted molar refractivity (Wildman–Crippen MR) is 134 cm³/mol. The molecule has 3 aromatic rings. The van der Waals surface area contributed by atoms with Crippen molar-refractivity contribution in [3.63, 3.8) is 0 Å². The fourth-order valence-corrected chi connectivity index (χ4v) is 5.38. The smallest absolute Gasteiger partial charge is 0.423 e. The number of carbonyl (C=O) groups is 1. The van der Waals surface area contributed by atoms with E-state index in [1.807, 2.05) is 0 Å². The molecule has 0 aliphatic heterocycles. The number of hydrogen-bond donors (Lipinski definition) is 0. The number of rotatable bonds is 8. The van der Waals surface area contributed by atoms with Crippen LogP contribution in [0.4, 0.5) is 43.9 Å². The number of alkyl halides is 5. The van der Waals surface area contributed by atoms with Gasteiger partial charge in [0.2, 0.25) is 0 Å². The molecular weight excluding hydrogens is 598 g/mol. The molecule has 0 saturated heterocycles. The number of carbonyl (C=O) groups excluding carboxylic acids is 1. The first kappa shape index (κ1) is 32.3. The van der Waals surface area contributed by atoms with Crippen LogP contribution >= 0.6 is 0 Å². The average molecular weight is 622 g/mol. The molecule has 1 fully saturated rings. The fourth-order valence-electron chi connectivity index (χ4n) is 5.38. The molecule has 0 atom stereocenters. The molecule has 0 aromatic heterocycles. The summed E-state index contributed by atoms with van der Waals surface area (Å²) >= 11 is 0. The highest BCUT2D eigenvalue weighted by molar-refractivity contribution is 5.92. The topological polar surface area (TPSA) is 35.5 Å². The van der Waals surface area contributed by atoms with E-state index in [1.54, 1.807) is 6.07 Å². The molecule has 3 nitrogen and oxygen atoms in total. The third-order valence-electron chi connectivity index (χ3n) is 7.33. The molecule has 4 rings (SSSR count). The van der Waals surface area contributed by atoms with Crippen LogP contribution in [0.15, 0.2) is 42.5 Å². The number of halogens is 10. The monoisotopic (exact) mass is 622 g/mol. The van der Waals surface area contributed by atoms with Crippen LogP contribution in [0.3, 0.4) is 0 Å². The standard InChI is InChI=1S/C30H24F10O3/c1-2-3-15-4-6-16(7-5-15)17-8-9-20(21(31)10-17)18-11-22(32)26(23(33)12-18)28(41)42-19-13-24(34)27(25(35)14-19)29(36,37)43-30(38,39)40/h8-16H,2-7H2,1H3. The Hall–Kier alpha value is -3.61. The molecule has 13 heteroatoms. The van der Waals surface area contributed by atoms with Crippen LogP contribution in [0.1, 0.15) is 72.9 Å². The minimum Gasteiger partial charge on any atom is -0.423 e. The molecule has 0 N–H and O–H groups in total. The normalized spacial score (nSPS) is 17.7. The van der Waals surface area contributed by atoms with Gasteiger partial charge in [-0.05, 0) is 66.8 Å². The summed E-state index contributed by atoms with van der Waals surface area (Å²) in [4.78, 5) is 12.4. The number of hydrogen-bond acceptors (Lipinski definition) is 3. The summed E-state index contributed by atoms with van der Waals surface area (Å²) in [6.45, 7) is 2.12. The lowest BCUT2D eigenvalue weighted by Crippen LogP contribution is -2.29. The molecule has 1 saturated carbocycles. The summed E-state index contributed by atoms with van der Waals surface area (Å²) in [5.74, 6) is -10.7. The van der Waals surface area contributed by atoms with Gasteiger partial charge in [-0.15, -0.1) is 13.2 Å². The Balaban J connectivity index is 1.53. The maximum absolute atomic E-state index is 15.0. The predicted octanol–water partition coefficient (Wildman–Crippen LogP) is 9.93. The third kappa shape index (κ3) is 7.49. The van der Waals surface area contributed by atoms with Gasteiger partial charge in [-0.25, -0.2) is 31.5 Å². The summed E-state index contributed by atoms with van der Waals surface area (Å²) in [6.07, 6.45) is -5.39. The molecule has 3 aromatic carbocycles. The Bertz CT molecular complexity index is 1450. The van der Waals surface area contributed by atoms with Gasteiger partial charge in [-0.1, -0.05) is 31.9 Å². The van der Waals surface area contributed by atoms with Crippen molar-refractivity contribution in [1.29, 1.82) is 0 Å². The van der Waals surface area contributed by atoms with Crippen molar-refractivity contribution in [2.24, 2.45) is 5.92 Å². The second-order valence-corrected chi connectivity index (χ2v) is 10.3. The van der Waals surface area contributed by atoms with Crippen molar-refractivity contribution in [3.8, 4) is 16.9 Å². The van der Waals surface area contributed by atoms with Gasteiger partial charge >= 0.3 is 18.4 Å². The van der Waals surface area contributed by atoms with Crippen LogP contribution in [0.2, 0.25) is 0 Å². The lowest BCUT2D eigenvalue weighted by atomic mass is 9.77. The largest absolute Gasteiger partial charge is 0.527 e. The quantitative estimate of drug-likeness (QED) is 0.143. The van der Waals surface area contributed by atoms with Crippen LogP contribution in [-0.4, -0.2) is 12.3 Å². The zero-order valence-electron chi connectivity index (χ0n) is 22.4. The molecule has 0 radical (unpaired) electrons. The molecule has 0 unspecified atom stereocenters. The van der Waals surface area contributed by atoms with Crippen LogP contribution in [0.5, 0.6) is 5.75 Å². The summed E-state index contributed by atoms with van der Waals surface area (Å²) in [5, 5.41) is 0. The van der Waals surface area contributed by atoms with Gasteiger partial charge in [0.15, 0.2) is 0 Å². The Morgan fingerprint density at radius 3 is 1.88 bits per heavy atom. The molecule has 1 aliphatic carbocycles. The Morgan fingerprint density at radius 2 is 1.37 bits per heavy atom. The van der Waals surface area contributed by atoms with E-state index in [9.17, 15) is 44.3 Å². The zero-order chi connectivity index (χ0) is 31.7. The lowest BCUT2D eigenvalue weighted by molar-refractivity contribution is -0.432. The van der Waals surface area contributed by atoms with Gasteiger partial charge in [0.25, 0.3) is 0 Å². The van der Waals surface area contributed by atoms with E-state index < -0.39 is 64.4 Å². The highest BCUT2D eigenvalue weighted by Gasteiger charge is 2.49. The summed E-state index contributed by atoms with van der Waals surface area (Å²) in [5.41, 5.74) is -3.48. The van der Waals surface area contributed by atoms with E-state index in [2.05, 4.69) is 16.4 Å². The first-order chi connectivity index (χ1) is 20.1. The van der Waals surface area contributed by atoms with Gasteiger partial charge in [0.05, 0.1) is 0 Å². The van der Waals surface area contributed by atoms with E-state index in [1.165, 1.54) is 12.1 Å². The van der Waals surface area contributed by atoms with Crippen molar-refractivity contribution in [1.82, 2.24) is 0 Å². The molecule has 43 heavy (non-hydrogen) atoms. The highest BCUT2D eigenvalue weighted by atomic mass is 19.4. The maximum atomic E-state index is 15.0. The molecule has 232 valence electrons. The summed E-state index contributed by atoms with van der Waals surface area (Å²) in [6, 6.07) is 5.40. The maximum Gasteiger partial charge on any atom is 0.527 e. The van der Waals surface area contributed by atoms with Gasteiger partial charge < -0.3 is 4.74 Å². The lowest BCUT2D eigenvalue weighted by Gasteiger charge is -2.28. The zero-order valence-corrected chi connectivity index (χ0v) is 22.4. The van der Waals surface area contributed by atoms with Gasteiger partial charge in [-0.3, -0.25) is 0 Å². The Labute approximate surface area is 239 Å². The van der Waals surface area contributed by atoms with E-state index >= 15 is 4.39 Å². The van der Waals surface area contributed by atoms with Gasteiger partial charge in [0, 0.05) is 17.7 Å². The highest BCUT2D eigenvalue weighted by Crippen LogP contribution is 2.41. The SMILES string of the molecule is CCCC1CCC(c2ccc(-c3cc(F)c(C(=O)Oc4cc(F)c(C(F)(F)OC(F)(F)F)c(F)c4)c(F)c3)c(F)c2)CC1. The van der Waals surface area contributed by atoms with Crippen molar-refractivity contribution in [2.45, 2.75) is 63.8 Å². The van der Waals surface area contributed by atoms with Crippen molar-refractivity contribution in [3.05, 3.63) is 88.2 Å². The molecule has 0 amide bonds. The molecular formula is C30H24F10O3. The Morgan fingerprint density at radius 1 is 0.791 bits per heavy atom. The van der Waals surface area contributed by atoms with Crippen LogP contribution in [0.25, 0.3) is 11.1 Å². The second-order valence-electron chi connectivity index (χ2n) is 10.3. The molecule has 0 spiro atoms. The molecule has 1 aliphatic rings. The van der Waals surface area contributed by atoms with Gasteiger partial charge in [-0.2, -0.15) is 8.78 Å². The van der Waals surface area contributed by atoms with Gasteiger partial charge in [0.1, 0.15) is 46.0 Å². The van der Waals surface area contributed by atoms with Crippen molar-refractivity contribution >= 4 is 5.97 Å². The van der Waals surface area contributed by atoms with E-state index in [4.69, 9.17) is 0 Å². The van der Waals surface area contributed by atoms with Crippen LogP contribution in [-0.2, 0) is 10.8 Å². The first-order valence-electron chi connectivity index (χ1n) is 13.2. The first-order valence-corrected chi connectivity index (χ1v) is 13.2. The van der Waals surface area contributed by atoms with E-state index in [0.29, 0.717) is 18.1 Å². The average Bonchev–Trinajstić information content (AvgIpc) is 2.86. The minimum atomic E-state index is -5.97. The number of ether oxygens (including phenoxy) is 2. The van der Waals surface area contributed by atoms with Crippen molar-refractivity contribution < 1.29 is 58.2 Å². The summed E-state index contributed by atoms with van der Waals surface area (Å²) < 4.78 is 144. The number of esters is 1. The molecule has 0 heterocycles. The van der Waals surface area contributed by atoms with E-state index in [-0.39, 0.29) is 29.2 Å². The summed E-state index contributed by atoms with van der Waals surface area (Å²) in [7, 11) is 0. The van der Waals surface area contributed by atoms with E-state index in [0.717, 1.165) is 44.1 Å². The second kappa shape index (κ2) is 12.6. The van der Waals surface area contributed by atoms with Crippen LogP contribution < -0.4 is 4.74 Å². The van der Waals surface area contributed by atoms with Crippen molar-refractivity contribution in [2.75, 3.05) is 0 Å². The fraction of sp³-hybridized carbons (Fsp3) is 0.367. The molecule has 0 bridgehead atoms. The number of benzene rings is 3. The minimum absolute atomic E-state index is 0.0959. The van der Waals surface area contributed by atoms with Crippen LogP contribution in [0, 0.1) is 35.0 Å².